The summed E-state index contributed by atoms with van der Waals surface area (Å²) in [5.74, 6) is 7.88. The van der Waals surface area contributed by atoms with Crippen molar-refractivity contribution in [3.05, 3.63) is 0 Å². The number of rotatable bonds is 7. The molecule has 0 aromatic carbocycles. The van der Waals surface area contributed by atoms with Crippen LogP contribution in [0.3, 0.4) is 0 Å². The molecule has 0 aromatic heterocycles. The second-order valence-electron chi connectivity index (χ2n) is 7.37. The van der Waals surface area contributed by atoms with Crippen molar-refractivity contribution >= 4 is 5.78 Å². The zero-order valence-corrected chi connectivity index (χ0v) is 17.7. The maximum absolute atomic E-state index is 11.8. The first-order valence-corrected chi connectivity index (χ1v) is 11.0. The number of likely N-dealkylation sites (tertiary alicyclic amines) is 1. The molecule has 150 valence electrons. The van der Waals surface area contributed by atoms with Crippen molar-refractivity contribution in [1.29, 1.82) is 0 Å². The minimum atomic E-state index is 0.362. The highest BCUT2D eigenvalue weighted by molar-refractivity contribution is 5.80. The number of ether oxygens (including phenoxy) is 1. The van der Waals surface area contributed by atoms with Crippen LogP contribution in [0.1, 0.15) is 85.5 Å². The molecule has 0 bridgehead atoms. The van der Waals surface area contributed by atoms with Crippen LogP contribution in [-0.2, 0) is 9.53 Å². The van der Waals surface area contributed by atoms with Crippen LogP contribution in [0.2, 0.25) is 0 Å². The lowest BCUT2D eigenvalue weighted by Gasteiger charge is -2.36. The van der Waals surface area contributed by atoms with Crippen LogP contribution in [0.25, 0.3) is 0 Å². The highest BCUT2D eigenvalue weighted by Gasteiger charge is 2.27. The van der Waals surface area contributed by atoms with E-state index in [0.29, 0.717) is 24.2 Å². The van der Waals surface area contributed by atoms with Crippen molar-refractivity contribution in [1.82, 2.24) is 4.90 Å². The lowest BCUT2D eigenvalue weighted by atomic mass is 9.79. The molecule has 1 saturated heterocycles. The predicted molar refractivity (Wildman–Crippen MR) is 110 cm³/mol. The molecule has 2 aliphatic rings. The molecule has 0 radical (unpaired) electrons. The Balaban J connectivity index is 0.00000163. The van der Waals surface area contributed by atoms with Crippen LogP contribution in [0.15, 0.2) is 0 Å². The monoisotopic (exact) mass is 363 g/mol. The number of carbonyl (C=O) groups is 1. The number of hydrogen-bond donors (Lipinski definition) is 0. The number of piperidine rings is 1. The molecule has 2 fully saturated rings. The van der Waals surface area contributed by atoms with Gasteiger partial charge >= 0.3 is 0 Å². The Bertz CT molecular complexity index is 421. The van der Waals surface area contributed by atoms with Gasteiger partial charge in [0, 0.05) is 44.8 Å². The van der Waals surface area contributed by atoms with Crippen LogP contribution in [0, 0.1) is 23.7 Å². The Labute approximate surface area is 162 Å². The van der Waals surface area contributed by atoms with E-state index >= 15 is 0 Å². The largest absolute Gasteiger partial charge is 0.377 e. The summed E-state index contributed by atoms with van der Waals surface area (Å²) in [6.45, 7) is 12.4. The van der Waals surface area contributed by atoms with E-state index in [2.05, 4.69) is 23.7 Å². The smallest absolute Gasteiger partial charge is 0.135 e. The first-order chi connectivity index (χ1) is 12.7. The molecule has 1 saturated carbocycles. The second-order valence-corrected chi connectivity index (χ2v) is 7.37. The Morgan fingerprint density at radius 2 is 1.65 bits per heavy atom. The number of carbonyl (C=O) groups excluding carboxylic acids is 1. The molecule has 0 atom stereocenters. The molecular formula is C23H41NO2. The molecule has 0 amide bonds. The van der Waals surface area contributed by atoms with E-state index in [1.807, 2.05) is 20.8 Å². The summed E-state index contributed by atoms with van der Waals surface area (Å²) in [5, 5.41) is 0. The summed E-state index contributed by atoms with van der Waals surface area (Å²) in [7, 11) is 0. The van der Waals surface area contributed by atoms with Crippen LogP contribution in [-0.4, -0.2) is 43.0 Å². The minimum Gasteiger partial charge on any atom is -0.377 e. The SMILES string of the molecule is CC.CCC#CCCOC1CCN(CC2CCC(C(=O)CC)CC2)CC1. The summed E-state index contributed by atoms with van der Waals surface area (Å²) in [6.07, 6.45) is 9.99. The van der Waals surface area contributed by atoms with Crippen LogP contribution >= 0.6 is 0 Å². The number of Topliss-reactive ketones (excluding diaryl/α,β-unsaturated/α-hetero) is 1. The minimum absolute atomic E-state index is 0.362. The average molecular weight is 364 g/mol. The van der Waals surface area contributed by atoms with Crippen molar-refractivity contribution in [2.75, 3.05) is 26.2 Å². The van der Waals surface area contributed by atoms with Gasteiger partial charge < -0.3 is 9.64 Å². The number of nitrogens with zero attached hydrogens (tertiary/aromatic N) is 1. The Kier molecular flexibility index (Phi) is 12.7. The van der Waals surface area contributed by atoms with Gasteiger partial charge in [-0.2, -0.15) is 0 Å². The lowest BCUT2D eigenvalue weighted by Crippen LogP contribution is -2.40. The Hall–Kier alpha value is -0.850. The third-order valence-corrected chi connectivity index (χ3v) is 5.58. The van der Waals surface area contributed by atoms with E-state index in [1.54, 1.807) is 0 Å². The number of hydrogen-bond acceptors (Lipinski definition) is 3. The van der Waals surface area contributed by atoms with E-state index < -0.39 is 0 Å². The molecule has 0 spiro atoms. The van der Waals surface area contributed by atoms with Crippen molar-refractivity contribution in [2.45, 2.75) is 91.6 Å². The van der Waals surface area contributed by atoms with Gasteiger partial charge in [0.25, 0.3) is 0 Å². The van der Waals surface area contributed by atoms with Crippen LogP contribution in [0.5, 0.6) is 0 Å². The van der Waals surface area contributed by atoms with Crippen molar-refractivity contribution in [3.63, 3.8) is 0 Å². The van der Waals surface area contributed by atoms with Crippen molar-refractivity contribution < 1.29 is 9.53 Å². The Morgan fingerprint density at radius 3 is 2.23 bits per heavy atom. The molecule has 3 nitrogen and oxygen atoms in total. The fourth-order valence-electron chi connectivity index (χ4n) is 4.07. The van der Waals surface area contributed by atoms with E-state index in [9.17, 15) is 4.79 Å². The second kappa shape index (κ2) is 14.2. The van der Waals surface area contributed by atoms with Gasteiger partial charge in [0.15, 0.2) is 0 Å². The van der Waals surface area contributed by atoms with E-state index in [-0.39, 0.29) is 0 Å². The van der Waals surface area contributed by atoms with Crippen LogP contribution < -0.4 is 0 Å². The van der Waals surface area contributed by atoms with E-state index in [4.69, 9.17) is 4.74 Å². The van der Waals surface area contributed by atoms with E-state index in [0.717, 1.165) is 51.0 Å². The third-order valence-electron chi connectivity index (χ3n) is 5.58. The number of ketones is 1. The van der Waals surface area contributed by atoms with Gasteiger partial charge in [-0.25, -0.2) is 0 Å². The van der Waals surface area contributed by atoms with Gasteiger partial charge in [0.2, 0.25) is 0 Å². The first kappa shape index (κ1) is 23.2. The predicted octanol–water partition coefficient (Wildman–Crippen LogP) is 5.08. The summed E-state index contributed by atoms with van der Waals surface area (Å²) in [6, 6.07) is 0. The summed E-state index contributed by atoms with van der Waals surface area (Å²) < 4.78 is 5.95. The van der Waals surface area contributed by atoms with Crippen molar-refractivity contribution in [3.8, 4) is 11.8 Å². The van der Waals surface area contributed by atoms with Gasteiger partial charge in [0.1, 0.15) is 5.78 Å². The zero-order valence-electron chi connectivity index (χ0n) is 17.7. The highest BCUT2D eigenvalue weighted by atomic mass is 16.5. The molecule has 1 heterocycles. The maximum Gasteiger partial charge on any atom is 0.135 e. The molecule has 1 aliphatic heterocycles. The fraction of sp³-hybridized carbons (Fsp3) is 0.870. The van der Waals surface area contributed by atoms with Gasteiger partial charge in [-0.3, -0.25) is 4.79 Å². The van der Waals surface area contributed by atoms with Crippen LogP contribution in [0.4, 0.5) is 0 Å². The summed E-state index contributed by atoms with van der Waals surface area (Å²) in [4.78, 5) is 14.4. The molecule has 2 rings (SSSR count). The Morgan fingerprint density at radius 1 is 1.00 bits per heavy atom. The standard InChI is InChI=1S/C21H35NO2.C2H6/c1-3-5-6-7-16-24-20-12-14-22(15-13-20)17-18-8-10-19(11-9-18)21(23)4-2;1-2/h18-20H,3-4,7-17H2,1-2H3;1-2H3. The lowest BCUT2D eigenvalue weighted by molar-refractivity contribution is -0.123. The summed E-state index contributed by atoms with van der Waals surface area (Å²) >= 11 is 0. The molecule has 1 aliphatic carbocycles. The molecular weight excluding hydrogens is 322 g/mol. The van der Waals surface area contributed by atoms with Gasteiger partial charge in [-0.15, -0.1) is 11.8 Å². The van der Waals surface area contributed by atoms with Gasteiger partial charge in [-0.05, 0) is 44.4 Å². The maximum atomic E-state index is 11.8. The third kappa shape index (κ3) is 8.69. The summed E-state index contributed by atoms with van der Waals surface area (Å²) in [5.41, 5.74) is 0. The molecule has 3 heteroatoms. The zero-order chi connectivity index (χ0) is 19.2. The highest BCUT2D eigenvalue weighted by Crippen LogP contribution is 2.31. The quantitative estimate of drug-likeness (QED) is 0.466. The molecule has 0 aromatic rings. The average Bonchev–Trinajstić information content (AvgIpc) is 2.70. The van der Waals surface area contributed by atoms with Crippen molar-refractivity contribution in [2.24, 2.45) is 11.8 Å². The van der Waals surface area contributed by atoms with E-state index in [1.165, 1.54) is 32.5 Å². The molecule has 0 N–H and O–H groups in total. The van der Waals surface area contributed by atoms with Gasteiger partial charge in [-0.1, -0.05) is 27.7 Å². The molecule has 26 heavy (non-hydrogen) atoms. The first-order valence-electron chi connectivity index (χ1n) is 11.0. The normalized spacial score (nSPS) is 24.2. The molecule has 0 unspecified atom stereocenters. The fourth-order valence-corrected chi connectivity index (χ4v) is 4.07. The van der Waals surface area contributed by atoms with Gasteiger partial charge in [0.05, 0.1) is 12.7 Å². The topological polar surface area (TPSA) is 29.5 Å².